The average molecular weight is 369 g/mol. The first-order valence-corrected chi connectivity index (χ1v) is 7.96. The van der Waals surface area contributed by atoms with Crippen LogP contribution in [0.1, 0.15) is 38.7 Å². The molecule has 24 heavy (non-hydrogen) atoms. The van der Waals surface area contributed by atoms with Crippen molar-refractivity contribution in [1.82, 2.24) is 0 Å². The van der Waals surface area contributed by atoms with Crippen LogP contribution in [0.4, 0.5) is 0 Å². The van der Waals surface area contributed by atoms with Gasteiger partial charge in [-0.15, -0.1) is 0 Å². The van der Waals surface area contributed by atoms with Crippen molar-refractivity contribution in [3.8, 4) is 11.5 Å². The maximum Gasteiger partial charge on any atom is 0.171 e. The van der Waals surface area contributed by atoms with Crippen molar-refractivity contribution in [2.75, 3.05) is 14.2 Å². The Morgan fingerprint density at radius 2 is 1.71 bits per heavy atom. The van der Waals surface area contributed by atoms with Crippen molar-refractivity contribution in [3.63, 3.8) is 0 Å². The first-order chi connectivity index (χ1) is 11.4. The lowest BCUT2D eigenvalue weighted by atomic mass is 9.90. The number of aliphatic hydroxyl groups is 1. The number of hydrogen-bond acceptors (Lipinski definition) is 4. The highest BCUT2D eigenvalue weighted by Crippen LogP contribution is 2.42. The van der Waals surface area contributed by atoms with Crippen molar-refractivity contribution in [2.24, 2.45) is 0 Å². The normalized spacial score (nSPS) is 12.0. The molecule has 1 N–H and O–H groups in total. The Kier molecular flexibility index (Phi) is 5.75. The molecule has 0 heterocycles. The monoisotopic (exact) mass is 368 g/mol. The highest BCUT2D eigenvalue weighted by molar-refractivity contribution is 6.34. The third kappa shape index (κ3) is 3.09. The zero-order valence-electron chi connectivity index (χ0n) is 13.8. The molecule has 1 unspecified atom stereocenters. The SMILES string of the molecule is COc1cc(C)c(C(O)c2c(Cl)ccc(Cl)c2C)c(C=O)c1OC. The molecule has 128 valence electrons. The Morgan fingerprint density at radius 3 is 2.25 bits per heavy atom. The quantitative estimate of drug-likeness (QED) is 0.788. The van der Waals surface area contributed by atoms with E-state index in [9.17, 15) is 9.90 Å². The van der Waals surface area contributed by atoms with Gasteiger partial charge in [-0.05, 0) is 43.2 Å². The summed E-state index contributed by atoms with van der Waals surface area (Å²) in [6, 6.07) is 4.99. The topological polar surface area (TPSA) is 55.8 Å². The third-order valence-corrected chi connectivity index (χ3v) is 4.75. The first kappa shape index (κ1) is 18.6. The Bertz CT molecular complexity index is 787. The standard InChI is InChI=1S/C18H18Cl2O4/c1-9-7-14(23-3)18(24-4)11(8-21)15(9)17(22)16-10(2)12(19)5-6-13(16)20/h5-8,17,22H,1-4H3. The van der Waals surface area contributed by atoms with E-state index in [1.165, 1.54) is 14.2 Å². The zero-order chi connectivity index (χ0) is 18.0. The number of ether oxygens (including phenoxy) is 2. The number of aldehydes is 1. The lowest BCUT2D eigenvalue weighted by Gasteiger charge is -2.22. The second-order valence-corrected chi connectivity index (χ2v) is 6.16. The van der Waals surface area contributed by atoms with Crippen molar-refractivity contribution in [3.05, 3.63) is 56.1 Å². The Labute approximate surface area is 150 Å². The van der Waals surface area contributed by atoms with E-state index in [0.717, 1.165) is 0 Å². The van der Waals surface area contributed by atoms with E-state index in [1.54, 1.807) is 32.0 Å². The van der Waals surface area contributed by atoms with E-state index in [4.69, 9.17) is 32.7 Å². The number of halogens is 2. The summed E-state index contributed by atoms with van der Waals surface area (Å²) in [4.78, 5) is 11.7. The van der Waals surface area contributed by atoms with Gasteiger partial charge in [0.15, 0.2) is 17.8 Å². The van der Waals surface area contributed by atoms with Gasteiger partial charge < -0.3 is 14.6 Å². The van der Waals surface area contributed by atoms with Gasteiger partial charge in [0.1, 0.15) is 6.10 Å². The number of aryl methyl sites for hydroxylation is 1. The molecule has 0 saturated carbocycles. The summed E-state index contributed by atoms with van der Waals surface area (Å²) >= 11 is 12.4. The van der Waals surface area contributed by atoms with Crippen LogP contribution < -0.4 is 9.47 Å². The average Bonchev–Trinajstić information content (AvgIpc) is 2.56. The van der Waals surface area contributed by atoms with Gasteiger partial charge in [-0.3, -0.25) is 4.79 Å². The van der Waals surface area contributed by atoms with Crippen molar-refractivity contribution in [2.45, 2.75) is 20.0 Å². The predicted molar refractivity (Wildman–Crippen MR) is 94.9 cm³/mol. The summed E-state index contributed by atoms with van der Waals surface area (Å²) in [6.07, 6.45) is -0.489. The number of methoxy groups -OCH3 is 2. The van der Waals surface area contributed by atoms with Crippen LogP contribution in [0, 0.1) is 13.8 Å². The van der Waals surface area contributed by atoms with Crippen LogP contribution in [0.15, 0.2) is 18.2 Å². The summed E-state index contributed by atoms with van der Waals surface area (Å²) in [5, 5.41) is 11.8. The summed E-state index contributed by atoms with van der Waals surface area (Å²) in [5.41, 5.74) is 2.43. The molecule has 0 spiro atoms. The third-order valence-electron chi connectivity index (χ3n) is 4.02. The molecule has 2 aromatic rings. The minimum absolute atomic E-state index is 0.220. The molecule has 0 bridgehead atoms. The highest BCUT2D eigenvalue weighted by atomic mass is 35.5. The Balaban J connectivity index is 2.77. The first-order valence-electron chi connectivity index (χ1n) is 7.20. The van der Waals surface area contributed by atoms with Gasteiger partial charge in [0, 0.05) is 21.2 Å². The highest BCUT2D eigenvalue weighted by Gasteiger charge is 2.26. The van der Waals surface area contributed by atoms with Gasteiger partial charge in [-0.25, -0.2) is 0 Å². The Hall–Kier alpha value is -1.75. The molecule has 6 heteroatoms. The van der Waals surface area contributed by atoms with Crippen LogP contribution >= 0.6 is 23.2 Å². The van der Waals surface area contributed by atoms with Gasteiger partial charge >= 0.3 is 0 Å². The Morgan fingerprint density at radius 1 is 1.08 bits per heavy atom. The van der Waals surface area contributed by atoms with Crippen LogP contribution in [-0.4, -0.2) is 25.6 Å². The molecule has 0 aliphatic heterocycles. The summed E-state index contributed by atoms with van der Waals surface area (Å²) in [7, 11) is 2.92. The summed E-state index contributed by atoms with van der Waals surface area (Å²) < 4.78 is 10.6. The van der Waals surface area contributed by atoms with E-state index >= 15 is 0 Å². The maximum atomic E-state index is 11.7. The van der Waals surface area contributed by atoms with Crippen LogP contribution in [-0.2, 0) is 0 Å². The van der Waals surface area contributed by atoms with E-state index in [2.05, 4.69) is 0 Å². The van der Waals surface area contributed by atoms with Gasteiger partial charge in [-0.1, -0.05) is 23.2 Å². The fourth-order valence-corrected chi connectivity index (χ4v) is 3.27. The molecule has 0 amide bonds. The van der Waals surface area contributed by atoms with Crippen molar-refractivity contribution < 1.29 is 19.4 Å². The number of hydrogen-bond donors (Lipinski definition) is 1. The summed E-state index contributed by atoms with van der Waals surface area (Å²) in [6.45, 7) is 3.55. The number of carbonyl (C=O) groups is 1. The number of benzene rings is 2. The summed E-state index contributed by atoms with van der Waals surface area (Å²) in [5.74, 6) is 0.685. The number of rotatable bonds is 5. The fraction of sp³-hybridized carbons (Fsp3) is 0.278. The van der Waals surface area contributed by atoms with Crippen LogP contribution in [0.25, 0.3) is 0 Å². The van der Waals surface area contributed by atoms with E-state index in [1.807, 2.05) is 0 Å². The molecular weight excluding hydrogens is 351 g/mol. The van der Waals surface area contributed by atoms with Gasteiger partial charge in [-0.2, -0.15) is 0 Å². The lowest BCUT2D eigenvalue weighted by Crippen LogP contribution is -2.11. The minimum Gasteiger partial charge on any atom is -0.493 e. The predicted octanol–water partition coefficient (Wildman–Crippen LogP) is 4.52. The van der Waals surface area contributed by atoms with Crippen molar-refractivity contribution >= 4 is 29.5 Å². The van der Waals surface area contributed by atoms with Gasteiger partial charge in [0.05, 0.1) is 19.8 Å². The molecular formula is C18H18Cl2O4. The molecule has 0 radical (unpaired) electrons. The molecule has 0 saturated heterocycles. The molecule has 0 fully saturated rings. The van der Waals surface area contributed by atoms with Gasteiger partial charge in [0.2, 0.25) is 0 Å². The molecule has 2 aromatic carbocycles. The van der Waals surface area contributed by atoms with Gasteiger partial charge in [0.25, 0.3) is 0 Å². The number of carbonyl (C=O) groups excluding carboxylic acids is 1. The second-order valence-electron chi connectivity index (χ2n) is 5.34. The smallest absolute Gasteiger partial charge is 0.171 e. The van der Waals surface area contributed by atoms with Crippen LogP contribution in [0.5, 0.6) is 11.5 Å². The van der Waals surface area contributed by atoms with Crippen LogP contribution in [0.3, 0.4) is 0 Å². The molecule has 1 atom stereocenters. The minimum atomic E-state index is -1.13. The molecule has 2 rings (SSSR count). The molecule has 0 aliphatic carbocycles. The molecule has 0 aliphatic rings. The lowest BCUT2D eigenvalue weighted by molar-refractivity contribution is 0.111. The molecule has 4 nitrogen and oxygen atoms in total. The van der Waals surface area contributed by atoms with Crippen molar-refractivity contribution in [1.29, 1.82) is 0 Å². The largest absolute Gasteiger partial charge is 0.493 e. The maximum absolute atomic E-state index is 11.7. The second kappa shape index (κ2) is 7.43. The van der Waals surface area contributed by atoms with E-state index in [-0.39, 0.29) is 11.3 Å². The van der Waals surface area contributed by atoms with E-state index in [0.29, 0.717) is 44.3 Å². The van der Waals surface area contributed by atoms with Crippen LogP contribution in [0.2, 0.25) is 10.0 Å². The fourth-order valence-electron chi connectivity index (χ4n) is 2.80. The zero-order valence-corrected chi connectivity index (χ0v) is 15.3. The van der Waals surface area contributed by atoms with E-state index < -0.39 is 6.10 Å². The molecule has 0 aromatic heterocycles. The number of aliphatic hydroxyl groups excluding tert-OH is 1.